The Kier molecular flexibility index (Phi) is 8.08. The van der Waals surface area contributed by atoms with Gasteiger partial charge in [0, 0.05) is 11.6 Å². The smallest absolute Gasteiger partial charge is 0.258 e. The van der Waals surface area contributed by atoms with Gasteiger partial charge in [-0.15, -0.1) is 0 Å². The van der Waals surface area contributed by atoms with Crippen molar-refractivity contribution < 1.29 is 19.0 Å². The molecule has 0 spiro atoms. The van der Waals surface area contributed by atoms with Crippen LogP contribution in [0.25, 0.3) is 0 Å². The predicted molar refractivity (Wildman–Crippen MR) is 124 cm³/mol. The van der Waals surface area contributed by atoms with Crippen LogP contribution in [0.3, 0.4) is 0 Å². The molecule has 172 valence electrons. The standard InChI is InChI=1S/C24H32N4O4/c1-15(2)10-16-6-8-18(9-7-16)19-13-20(27-26-19)24(29)28-25-14-17-11-21(30-3)23(32-5)22(12-17)31-4/h6-9,11-12,14-15,19-20,26-27H,10,13H2,1-5H3,(H,28,29)/b25-14+. The van der Waals surface area contributed by atoms with Crippen molar-refractivity contribution in [3.8, 4) is 17.2 Å². The van der Waals surface area contributed by atoms with Crippen LogP contribution in [0.1, 0.15) is 43.0 Å². The molecular weight excluding hydrogens is 408 g/mol. The van der Waals surface area contributed by atoms with E-state index >= 15 is 0 Å². The topological polar surface area (TPSA) is 93.2 Å². The molecule has 1 heterocycles. The molecule has 2 aromatic carbocycles. The van der Waals surface area contributed by atoms with E-state index in [0.717, 1.165) is 12.0 Å². The molecule has 3 rings (SSSR count). The predicted octanol–water partition coefficient (Wildman–Crippen LogP) is 2.97. The first-order chi connectivity index (χ1) is 15.4. The van der Waals surface area contributed by atoms with Crippen molar-refractivity contribution in [3.05, 3.63) is 53.1 Å². The van der Waals surface area contributed by atoms with Crippen LogP contribution in [0.2, 0.25) is 0 Å². The van der Waals surface area contributed by atoms with Gasteiger partial charge in [0.15, 0.2) is 11.5 Å². The monoisotopic (exact) mass is 440 g/mol. The lowest BCUT2D eigenvalue weighted by Crippen LogP contribution is -2.41. The van der Waals surface area contributed by atoms with Crippen molar-refractivity contribution in [1.29, 1.82) is 0 Å². The molecule has 2 atom stereocenters. The molecule has 1 fully saturated rings. The molecule has 0 aromatic heterocycles. The van der Waals surface area contributed by atoms with E-state index in [9.17, 15) is 4.79 Å². The third-order valence-corrected chi connectivity index (χ3v) is 5.32. The van der Waals surface area contributed by atoms with E-state index in [1.54, 1.807) is 33.5 Å². The van der Waals surface area contributed by atoms with Crippen LogP contribution in [0.15, 0.2) is 41.5 Å². The average Bonchev–Trinajstić information content (AvgIpc) is 3.28. The number of nitrogens with one attached hydrogen (secondary N) is 3. The van der Waals surface area contributed by atoms with Crippen molar-refractivity contribution in [2.24, 2.45) is 11.0 Å². The molecule has 2 unspecified atom stereocenters. The molecule has 0 bridgehead atoms. The molecule has 0 aliphatic carbocycles. The number of hydrogen-bond acceptors (Lipinski definition) is 7. The van der Waals surface area contributed by atoms with Gasteiger partial charge in [0.05, 0.1) is 27.5 Å². The van der Waals surface area contributed by atoms with Gasteiger partial charge >= 0.3 is 0 Å². The Morgan fingerprint density at radius 2 is 1.75 bits per heavy atom. The number of hydrogen-bond donors (Lipinski definition) is 3. The molecule has 8 heteroatoms. The zero-order valence-electron chi connectivity index (χ0n) is 19.3. The molecule has 1 aliphatic heterocycles. The zero-order valence-corrected chi connectivity index (χ0v) is 19.3. The third kappa shape index (κ3) is 5.77. The number of benzene rings is 2. The van der Waals surface area contributed by atoms with Gasteiger partial charge in [-0.2, -0.15) is 5.10 Å². The Balaban J connectivity index is 1.57. The summed E-state index contributed by atoms with van der Waals surface area (Å²) >= 11 is 0. The van der Waals surface area contributed by atoms with Gasteiger partial charge in [-0.3, -0.25) is 4.79 Å². The summed E-state index contributed by atoms with van der Waals surface area (Å²) in [6, 6.07) is 11.8. The van der Waals surface area contributed by atoms with Gasteiger partial charge in [0.25, 0.3) is 5.91 Å². The lowest BCUT2D eigenvalue weighted by atomic mass is 9.97. The molecule has 0 radical (unpaired) electrons. The van der Waals surface area contributed by atoms with Crippen LogP contribution in [-0.4, -0.2) is 39.5 Å². The van der Waals surface area contributed by atoms with Gasteiger partial charge in [0.2, 0.25) is 5.75 Å². The number of ether oxygens (including phenoxy) is 3. The molecular formula is C24H32N4O4. The van der Waals surface area contributed by atoms with Crippen LogP contribution in [0, 0.1) is 5.92 Å². The van der Waals surface area contributed by atoms with Crippen LogP contribution >= 0.6 is 0 Å². The number of methoxy groups -OCH3 is 3. The minimum atomic E-state index is -0.382. The van der Waals surface area contributed by atoms with E-state index in [1.165, 1.54) is 11.8 Å². The van der Waals surface area contributed by atoms with Gasteiger partial charge in [-0.25, -0.2) is 16.3 Å². The highest BCUT2D eigenvalue weighted by Crippen LogP contribution is 2.37. The second-order valence-corrected chi connectivity index (χ2v) is 8.16. The summed E-state index contributed by atoms with van der Waals surface area (Å²) in [7, 11) is 4.64. The van der Waals surface area contributed by atoms with Crippen molar-refractivity contribution in [2.45, 2.75) is 38.8 Å². The van der Waals surface area contributed by atoms with Crippen LogP contribution in [-0.2, 0) is 11.2 Å². The van der Waals surface area contributed by atoms with E-state index in [2.05, 4.69) is 59.5 Å². The van der Waals surface area contributed by atoms with E-state index in [4.69, 9.17) is 14.2 Å². The Labute approximate surface area is 189 Å². The van der Waals surface area contributed by atoms with Crippen molar-refractivity contribution >= 4 is 12.1 Å². The maximum absolute atomic E-state index is 12.5. The fourth-order valence-corrected chi connectivity index (χ4v) is 3.73. The third-order valence-electron chi connectivity index (χ3n) is 5.32. The molecule has 8 nitrogen and oxygen atoms in total. The maximum Gasteiger partial charge on any atom is 0.258 e. The van der Waals surface area contributed by atoms with E-state index < -0.39 is 0 Å². The minimum Gasteiger partial charge on any atom is -0.493 e. The summed E-state index contributed by atoms with van der Waals surface area (Å²) in [4.78, 5) is 12.5. The largest absolute Gasteiger partial charge is 0.493 e. The summed E-state index contributed by atoms with van der Waals surface area (Å²) in [5, 5.41) is 4.09. The minimum absolute atomic E-state index is 0.0675. The Bertz CT molecular complexity index is 919. The highest BCUT2D eigenvalue weighted by Gasteiger charge is 2.30. The number of hydrazine groups is 1. The van der Waals surface area contributed by atoms with Gasteiger partial charge in [-0.05, 0) is 42.0 Å². The summed E-state index contributed by atoms with van der Waals surface area (Å²) in [6.45, 7) is 4.42. The number of carbonyl (C=O) groups excluding carboxylic acids is 1. The van der Waals surface area contributed by atoms with Crippen LogP contribution in [0.4, 0.5) is 0 Å². The van der Waals surface area contributed by atoms with Crippen molar-refractivity contribution in [3.63, 3.8) is 0 Å². The normalized spacial score (nSPS) is 18.2. The first-order valence-electron chi connectivity index (χ1n) is 10.7. The SMILES string of the molecule is COc1cc(/C=N/NC(=O)C2CC(c3ccc(CC(C)C)cc3)NN2)cc(OC)c1OC. The summed E-state index contributed by atoms with van der Waals surface area (Å²) in [6.07, 6.45) is 3.23. The van der Waals surface area contributed by atoms with Crippen LogP contribution < -0.4 is 30.5 Å². The van der Waals surface area contributed by atoms with Gasteiger partial charge in [0.1, 0.15) is 6.04 Å². The molecule has 1 amide bonds. The first kappa shape index (κ1) is 23.6. The van der Waals surface area contributed by atoms with E-state index in [0.29, 0.717) is 35.2 Å². The van der Waals surface area contributed by atoms with Gasteiger partial charge < -0.3 is 14.2 Å². The van der Waals surface area contributed by atoms with E-state index in [-0.39, 0.29) is 18.0 Å². The zero-order chi connectivity index (χ0) is 23.1. The summed E-state index contributed by atoms with van der Waals surface area (Å²) in [5.41, 5.74) is 12.0. The molecule has 3 N–H and O–H groups in total. The lowest BCUT2D eigenvalue weighted by molar-refractivity contribution is -0.122. The summed E-state index contributed by atoms with van der Waals surface area (Å²) < 4.78 is 16.0. The molecule has 1 aliphatic rings. The fourth-order valence-electron chi connectivity index (χ4n) is 3.73. The highest BCUT2D eigenvalue weighted by atomic mass is 16.5. The number of rotatable bonds is 9. The first-order valence-corrected chi connectivity index (χ1v) is 10.7. The Morgan fingerprint density at radius 1 is 1.09 bits per heavy atom. The number of amides is 1. The fraction of sp³-hybridized carbons (Fsp3) is 0.417. The quantitative estimate of drug-likeness (QED) is 0.410. The lowest BCUT2D eigenvalue weighted by Gasteiger charge is -2.12. The van der Waals surface area contributed by atoms with Crippen LogP contribution in [0.5, 0.6) is 17.2 Å². The molecule has 0 saturated carbocycles. The number of hydrazone groups is 1. The van der Waals surface area contributed by atoms with Crippen molar-refractivity contribution in [1.82, 2.24) is 16.3 Å². The Morgan fingerprint density at radius 3 is 2.31 bits per heavy atom. The number of carbonyl (C=O) groups is 1. The molecule has 2 aromatic rings. The number of nitrogens with zero attached hydrogens (tertiary/aromatic N) is 1. The average molecular weight is 441 g/mol. The second-order valence-electron chi connectivity index (χ2n) is 8.16. The summed E-state index contributed by atoms with van der Waals surface area (Å²) in [5.74, 6) is 1.95. The Hall–Kier alpha value is -3.10. The molecule has 32 heavy (non-hydrogen) atoms. The van der Waals surface area contributed by atoms with Crippen molar-refractivity contribution in [2.75, 3.05) is 21.3 Å². The maximum atomic E-state index is 12.5. The van der Waals surface area contributed by atoms with E-state index in [1.807, 2.05) is 0 Å². The second kappa shape index (κ2) is 11.0. The van der Waals surface area contributed by atoms with Gasteiger partial charge in [-0.1, -0.05) is 38.1 Å². The highest BCUT2D eigenvalue weighted by molar-refractivity contribution is 5.86. The molecule has 1 saturated heterocycles.